The quantitative estimate of drug-likeness (QED) is 0.0175. The summed E-state index contributed by atoms with van der Waals surface area (Å²) in [7, 11) is 5.38. The molecule has 0 aromatic carbocycles. The van der Waals surface area contributed by atoms with Gasteiger partial charge in [0.2, 0.25) is 0 Å². The van der Waals surface area contributed by atoms with Crippen LogP contribution in [0.3, 0.4) is 0 Å². The zero-order valence-corrected chi connectivity index (χ0v) is 35.8. The smallest absolute Gasteiger partial charge is 0.366 e. The second-order valence-corrected chi connectivity index (χ2v) is 16.2. The molecule has 0 rings (SSSR count). The van der Waals surface area contributed by atoms with Gasteiger partial charge in [0.15, 0.2) is 19.8 Å². The van der Waals surface area contributed by atoms with Crippen molar-refractivity contribution in [2.45, 2.75) is 250 Å². The first kappa shape index (κ1) is 53.8. The predicted octanol–water partition coefficient (Wildman–Crippen LogP) is 9.09. The molecule has 0 aliphatic rings. The first-order valence-electron chi connectivity index (χ1n) is 22.9. The highest BCUT2D eigenvalue weighted by Crippen LogP contribution is 2.22. The van der Waals surface area contributed by atoms with Gasteiger partial charge in [-0.3, -0.25) is 9.69 Å². The third-order valence-corrected chi connectivity index (χ3v) is 10.6. The molecule has 0 bridgehead atoms. The van der Waals surface area contributed by atoms with Gasteiger partial charge < -0.3 is 35.0 Å². The molecule has 0 heterocycles. The molecule has 1 unspecified atom stereocenters. The third-order valence-electron chi connectivity index (χ3n) is 10.6. The van der Waals surface area contributed by atoms with E-state index in [1.54, 1.807) is 0 Å². The van der Waals surface area contributed by atoms with Crippen LogP contribution >= 0.6 is 0 Å². The van der Waals surface area contributed by atoms with Crippen molar-refractivity contribution in [1.29, 1.82) is 0 Å². The van der Waals surface area contributed by atoms with Crippen molar-refractivity contribution >= 4 is 19.8 Å². The molecular formula is C44H86BNO9. The Bertz CT molecular complexity index is 870. The summed E-state index contributed by atoms with van der Waals surface area (Å²) in [6.07, 6.45) is 28.4. The number of aliphatic hydroxyl groups excluding tert-OH is 1. The standard InChI is InChI=1S/C44H86BNO9/c1-4-7-10-13-16-17-18-23-31-38-54-40(47)34-27-24-30-37-46(41(48)44(45,52)53)36-29-22-21-28-35-43(50,51)42(49)55-39(32-25-19-14-11-8-5-2)33-26-20-15-12-9-6-3/h39,41,48,50-53H,4-38H2,1-3H3. The number of hydrogen-bond donors (Lipinski definition) is 5. The topological polar surface area (TPSA) is 157 Å². The zero-order chi connectivity index (χ0) is 41.0. The van der Waals surface area contributed by atoms with E-state index < -0.39 is 23.7 Å². The number of unbranched alkanes of at least 4 members (excludes halogenated alkanes) is 23. The molecule has 0 aromatic heterocycles. The fourth-order valence-corrected chi connectivity index (χ4v) is 7.01. The molecule has 0 aromatic rings. The molecule has 0 aliphatic carbocycles. The van der Waals surface area contributed by atoms with Gasteiger partial charge in [-0.25, -0.2) is 4.79 Å². The SMILES string of the molecule is [B]C(O)(O)C(O)N(CCCCCCC(O)(O)C(=O)OC(CCCCCCCC)CCCCCCCC)CCCCCC(=O)OCCCCCCCCCCC. The van der Waals surface area contributed by atoms with Crippen molar-refractivity contribution in [2.75, 3.05) is 19.7 Å². The Balaban J connectivity index is 4.50. The molecule has 0 aliphatic heterocycles. The van der Waals surface area contributed by atoms with Gasteiger partial charge in [-0.15, -0.1) is 0 Å². The normalized spacial score (nSPS) is 12.8. The molecule has 10 nitrogen and oxygen atoms in total. The summed E-state index contributed by atoms with van der Waals surface area (Å²) in [5.41, 5.74) is -2.78. The van der Waals surface area contributed by atoms with Crippen molar-refractivity contribution in [3.63, 3.8) is 0 Å². The summed E-state index contributed by atoms with van der Waals surface area (Å²) in [4.78, 5) is 26.5. The van der Waals surface area contributed by atoms with Crippen LogP contribution in [0.5, 0.6) is 0 Å². The Hall–Kier alpha value is -1.24. The Morgan fingerprint density at radius 3 is 1.44 bits per heavy atom. The van der Waals surface area contributed by atoms with E-state index in [4.69, 9.17) is 17.3 Å². The first-order chi connectivity index (χ1) is 26.4. The van der Waals surface area contributed by atoms with Gasteiger partial charge in [-0.05, 0) is 57.8 Å². The Morgan fingerprint density at radius 2 is 0.964 bits per heavy atom. The van der Waals surface area contributed by atoms with E-state index in [0.29, 0.717) is 71.1 Å². The maximum atomic E-state index is 12.9. The lowest BCUT2D eigenvalue weighted by Crippen LogP contribution is -2.54. The summed E-state index contributed by atoms with van der Waals surface area (Å²) >= 11 is 0. The first-order valence-corrected chi connectivity index (χ1v) is 22.9. The van der Waals surface area contributed by atoms with Crippen LogP contribution in [0.2, 0.25) is 0 Å². The molecule has 5 N–H and O–H groups in total. The number of aliphatic hydroxyl groups is 5. The Labute approximate surface area is 338 Å². The summed E-state index contributed by atoms with van der Waals surface area (Å²) in [5.74, 6) is -3.72. The molecule has 1 atom stereocenters. The maximum Gasteiger partial charge on any atom is 0.366 e. The van der Waals surface area contributed by atoms with E-state index in [0.717, 1.165) is 64.2 Å². The van der Waals surface area contributed by atoms with Crippen LogP contribution in [0.15, 0.2) is 0 Å². The van der Waals surface area contributed by atoms with E-state index >= 15 is 0 Å². The number of rotatable bonds is 41. The van der Waals surface area contributed by atoms with Gasteiger partial charge in [0, 0.05) is 25.9 Å². The van der Waals surface area contributed by atoms with E-state index in [2.05, 4.69) is 20.8 Å². The molecule has 0 spiro atoms. The van der Waals surface area contributed by atoms with E-state index in [1.165, 1.54) is 88.4 Å². The largest absolute Gasteiger partial charge is 0.466 e. The van der Waals surface area contributed by atoms with Crippen molar-refractivity contribution in [2.24, 2.45) is 0 Å². The minimum atomic E-state index is -2.78. The van der Waals surface area contributed by atoms with Crippen LogP contribution in [0.1, 0.15) is 226 Å². The van der Waals surface area contributed by atoms with Gasteiger partial charge in [-0.2, -0.15) is 0 Å². The molecule has 0 fully saturated rings. The second kappa shape index (κ2) is 35.9. The van der Waals surface area contributed by atoms with Gasteiger partial charge in [0.1, 0.15) is 6.10 Å². The van der Waals surface area contributed by atoms with Gasteiger partial charge >= 0.3 is 11.9 Å². The number of hydrogen-bond acceptors (Lipinski definition) is 10. The average molecular weight is 784 g/mol. The van der Waals surface area contributed by atoms with E-state index in [-0.39, 0.29) is 18.5 Å². The van der Waals surface area contributed by atoms with Crippen molar-refractivity contribution in [3.8, 4) is 0 Å². The minimum absolute atomic E-state index is 0.139. The minimum Gasteiger partial charge on any atom is -0.466 e. The second-order valence-electron chi connectivity index (χ2n) is 16.2. The summed E-state index contributed by atoms with van der Waals surface area (Å²) < 4.78 is 11.1. The highest BCUT2D eigenvalue weighted by atomic mass is 16.6. The number of ether oxygens (including phenoxy) is 2. The van der Waals surface area contributed by atoms with Crippen LogP contribution in [-0.2, 0) is 19.1 Å². The fourth-order valence-electron chi connectivity index (χ4n) is 7.01. The maximum absolute atomic E-state index is 12.9. The third kappa shape index (κ3) is 32.4. The monoisotopic (exact) mass is 784 g/mol. The highest BCUT2D eigenvalue weighted by molar-refractivity contribution is 6.13. The molecule has 0 amide bonds. The van der Waals surface area contributed by atoms with E-state index in [1.807, 2.05) is 0 Å². The fraction of sp³-hybridized carbons (Fsp3) is 0.955. The molecule has 55 heavy (non-hydrogen) atoms. The average Bonchev–Trinajstić information content (AvgIpc) is 3.14. The van der Waals surface area contributed by atoms with E-state index in [9.17, 15) is 35.1 Å². The molecule has 0 saturated heterocycles. The number of nitrogens with zero attached hydrogens (tertiary/aromatic N) is 1. The van der Waals surface area contributed by atoms with Gasteiger partial charge in [-0.1, -0.05) is 156 Å². The molecule has 2 radical (unpaired) electrons. The van der Waals surface area contributed by atoms with Crippen molar-refractivity contribution in [3.05, 3.63) is 0 Å². The summed E-state index contributed by atoms with van der Waals surface area (Å²) in [6, 6.07) is 0. The molecular weight excluding hydrogens is 697 g/mol. The lowest BCUT2D eigenvalue weighted by Gasteiger charge is -2.34. The lowest BCUT2D eigenvalue weighted by molar-refractivity contribution is -0.217. The van der Waals surface area contributed by atoms with Gasteiger partial charge in [0.25, 0.3) is 5.79 Å². The van der Waals surface area contributed by atoms with Crippen molar-refractivity contribution < 1.29 is 44.6 Å². The zero-order valence-electron chi connectivity index (χ0n) is 35.8. The number of esters is 2. The van der Waals surface area contributed by atoms with Crippen LogP contribution < -0.4 is 0 Å². The lowest BCUT2D eigenvalue weighted by atomic mass is 9.92. The number of carbonyl (C=O) groups excluding carboxylic acids is 2. The Morgan fingerprint density at radius 1 is 0.564 bits per heavy atom. The van der Waals surface area contributed by atoms with Crippen LogP contribution in [0, 0.1) is 0 Å². The van der Waals surface area contributed by atoms with Crippen LogP contribution in [0.4, 0.5) is 0 Å². The highest BCUT2D eigenvalue weighted by Gasteiger charge is 2.36. The van der Waals surface area contributed by atoms with Gasteiger partial charge in [0.05, 0.1) is 6.61 Å². The number of carbonyl (C=O) groups is 2. The van der Waals surface area contributed by atoms with Crippen molar-refractivity contribution in [1.82, 2.24) is 4.90 Å². The predicted molar refractivity (Wildman–Crippen MR) is 223 cm³/mol. The molecule has 11 heteroatoms. The molecule has 324 valence electrons. The Kier molecular flexibility index (Phi) is 35.1. The summed E-state index contributed by atoms with van der Waals surface area (Å²) in [5, 5.41) is 51.3. The van der Waals surface area contributed by atoms with Crippen LogP contribution in [-0.4, -0.2) is 93.7 Å². The van der Waals surface area contributed by atoms with Crippen LogP contribution in [0.25, 0.3) is 0 Å². The summed E-state index contributed by atoms with van der Waals surface area (Å²) in [6.45, 7) is 7.77. The molecule has 0 saturated carbocycles.